The summed E-state index contributed by atoms with van der Waals surface area (Å²) in [6, 6.07) is 14.4. The van der Waals surface area contributed by atoms with Crippen molar-refractivity contribution < 1.29 is 34.0 Å². The van der Waals surface area contributed by atoms with Crippen LogP contribution in [0.5, 0.6) is 11.5 Å². The Kier molecular flexibility index (Phi) is 14.7. The van der Waals surface area contributed by atoms with Crippen LogP contribution in [0.4, 0.5) is 0 Å². The number of hydrogen-bond donors (Lipinski definition) is 2. The molecule has 41 heavy (non-hydrogen) atoms. The Balaban J connectivity index is 2.42. The number of carboxylic acids is 2. The first-order valence-corrected chi connectivity index (χ1v) is 16.1. The fourth-order valence-corrected chi connectivity index (χ4v) is 5.60. The van der Waals surface area contributed by atoms with Crippen LogP contribution in [-0.4, -0.2) is 45.6 Å². The maximum atomic E-state index is 12.7. The zero-order chi connectivity index (χ0) is 30.5. The van der Waals surface area contributed by atoms with Gasteiger partial charge in [-0.05, 0) is 81.8 Å². The SMILES string of the molecule is CCCCC(CC(CC)(Oc1ccccc1Br)C(=O)O)OC(CCCC)CC(CC)(Oc1ccccc1Br)C(=O)O. The van der Waals surface area contributed by atoms with Crippen LogP contribution in [0, 0.1) is 0 Å². The van der Waals surface area contributed by atoms with Gasteiger partial charge in [0.15, 0.2) is 0 Å². The lowest BCUT2D eigenvalue weighted by Gasteiger charge is -2.37. The highest BCUT2D eigenvalue weighted by atomic mass is 79.9. The predicted molar refractivity (Wildman–Crippen MR) is 168 cm³/mol. The van der Waals surface area contributed by atoms with Gasteiger partial charge in [-0.25, -0.2) is 9.59 Å². The Labute approximate surface area is 261 Å². The highest BCUT2D eigenvalue weighted by Gasteiger charge is 2.45. The third kappa shape index (κ3) is 10.00. The molecular weight excluding hydrogens is 656 g/mol. The van der Waals surface area contributed by atoms with Crippen molar-refractivity contribution in [2.45, 2.75) is 115 Å². The van der Waals surface area contributed by atoms with Gasteiger partial charge >= 0.3 is 11.9 Å². The maximum absolute atomic E-state index is 12.7. The molecule has 9 heteroatoms. The van der Waals surface area contributed by atoms with Gasteiger partial charge in [-0.2, -0.15) is 0 Å². The Morgan fingerprint density at radius 2 is 1.07 bits per heavy atom. The summed E-state index contributed by atoms with van der Waals surface area (Å²) in [5, 5.41) is 20.8. The molecular formula is C32H44Br2O7. The highest BCUT2D eigenvalue weighted by molar-refractivity contribution is 9.10. The minimum atomic E-state index is -1.52. The quantitative estimate of drug-likeness (QED) is 0.142. The average molecular weight is 701 g/mol. The first kappa shape index (κ1) is 35.1. The second kappa shape index (κ2) is 17.1. The van der Waals surface area contributed by atoms with E-state index in [9.17, 15) is 19.8 Å². The van der Waals surface area contributed by atoms with Crippen molar-refractivity contribution in [1.82, 2.24) is 0 Å². The van der Waals surface area contributed by atoms with Crippen LogP contribution < -0.4 is 9.47 Å². The Morgan fingerprint density at radius 1 is 0.707 bits per heavy atom. The molecule has 0 aliphatic rings. The van der Waals surface area contributed by atoms with E-state index in [0.29, 0.717) is 33.3 Å². The van der Waals surface area contributed by atoms with Crippen LogP contribution in [0.15, 0.2) is 57.5 Å². The first-order valence-electron chi connectivity index (χ1n) is 14.6. The van der Waals surface area contributed by atoms with Crippen LogP contribution in [0.3, 0.4) is 0 Å². The number of carbonyl (C=O) groups is 2. The molecule has 0 bridgehead atoms. The molecule has 7 nitrogen and oxygen atoms in total. The molecule has 0 spiro atoms. The van der Waals surface area contributed by atoms with E-state index >= 15 is 0 Å². The van der Waals surface area contributed by atoms with E-state index in [2.05, 4.69) is 45.7 Å². The van der Waals surface area contributed by atoms with Gasteiger partial charge < -0.3 is 24.4 Å². The number of aliphatic carboxylic acids is 2. The van der Waals surface area contributed by atoms with Gasteiger partial charge in [0.25, 0.3) is 0 Å². The molecule has 0 aromatic heterocycles. The number of unbranched alkanes of at least 4 members (excludes halogenated alkanes) is 2. The molecule has 0 saturated carbocycles. The number of hydrogen-bond acceptors (Lipinski definition) is 5. The Hall–Kier alpha value is -2.10. The molecule has 0 radical (unpaired) electrons. The average Bonchev–Trinajstić information content (AvgIpc) is 2.95. The van der Waals surface area contributed by atoms with E-state index in [4.69, 9.17) is 14.2 Å². The number of halogens is 2. The van der Waals surface area contributed by atoms with Crippen molar-refractivity contribution in [2.24, 2.45) is 0 Å². The second-order valence-electron chi connectivity index (χ2n) is 10.4. The summed E-state index contributed by atoms with van der Waals surface area (Å²) in [6.07, 6.45) is 4.56. The van der Waals surface area contributed by atoms with Crippen LogP contribution >= 0.6 is 31.9 Å². The summed E-state index contributed by atoms with van der Waals surface area (Å²) in [5.74, 6) is -1.22. The van der Waals surface area contributed by atoms with Crippen molar-refractivity contribution in [3.8, 4) is 11.5 Å². The number of benzene rings is 2. The van der Waals surface area contributed by atoms with Gasteiger partial charge in [0.2, 0.25) is 11.2 Å². The van der Waals surface area contributed by atoms with E-state index in [-0.39, 0.29) is 25.7 Å². The molecule has 2 aromatic rings. The fraction of sp³-hybridized carbons (Fsp3) is 0.562. The van der Waals surface area contributed by atoms with E-state index in [1.807, 2.05) is 24.3 Å². The molecule has 0 fully saturated rings. The largest absolute Gasteiger partial charge is 0.478 e. The standard InChI is InChI=1S/C32H44Br2O7/c1-5-9-15-23(21-31(7-3,29(35)36)40-27-19-13-11-17-25(27)33)39-24(16-10-6-2)22-32(8-4,30(37)38)41-28-20-14-12-18-26(28)34/h11-14,17-20,23-24H,5-10,15-16,21-22H2,1-4H3,(H,35,36)(H,37,38). The molecule has 2 aromatic carbocycles. The minimum Gasteiger partial charge on any atom is -0.478 e. The molecule has 0 heterocycles. The van der Waals surface area contributed by atoms with Gasteiger partial charge in [-0.1, -0.05) is 77.6 Å². The fourth-order valence-electron chi connectivity index (χ4n) is 4.86. The Morgan fingerprint density at radius 3 is 1.37 bits per heavy atom. The van der Waals surface area contributed by atoms with Crippen LogP contribution in [-0.2, 0) is 14.3 Å². The first-order chi connectivity index (χ1) is 19.6. The van der Waals surface area contributed by atoms with Crippen LogP contribution in [0.25, 0.3) is 0 Å². The van der Waals surface area contributed by atoms with Crippen molar-refractivity contribution in [3.63, 3.8) is 0 Å². The van der Waals surface area contributed by atoms with Gasteiger partial charge in [-0.3, -0.25) is 0 Å². The van der Waals surface area contributed by atoms with Crippen molar-refractivity contribution in [3.05, 3.63) is 57.5 Å². The van der Waals surface area contributed by atoms with Gasteiger partial charge in [0, 0.05) is 12.8 Å². The Bertz CT molecular complexity index is 1030. The molecule has 0 aliphatic heterocycles. The van der Waals surface area contributed by atoms with E-state index < -0.39 is 35.3 Å². The highest BCUT2D eigenvalue weighted by Crippen LogP contribution is 2.36. The molecule has 2 rings (SSSR count). The van der Waals surface area contributed by atoms with Crippen LogP contribution in [0.1, 0.15) is 91.9 Å². The molecule has 0 aliphatic carbocycles. The summed E-state index contributed by atoms with van der Waals surface area (Å²) in [6.45, 7) is 7.75. The van der Waals surface area contributed by atoms with E-state index in [1.54, 1.807) is 38.1 Å². The second-order valence-corrected chi connectivity index (χ2v) is 12.2. The molecule has 228 valence electrons. The molecule has 0 amide bonds. The number of para-hydroxylation sites is 2. The third-order valence-corrected chi connectivity index (χ3v) is 8.77. The monoisotopic (exact) mass is 698 g/mol. The lowest BCUT2D eigenvalue weighted by molar-refractivity contribution is -0.166. The summed E-state index contributed by atoms with van der Waals surface area (Å²) in [7, 11) is 0. The smallest absolute Gasteiger partial charge is 0.348 e. The summed E-state index contributed by atoms with van der Waals surface area (Å²) in [4.78, 5) is 25.5. The molecule has 2 N–H and O–H groups in total. The van der Waals surface area contributed by atoms with Crippen molar-refractivity contribution >= 4 is 43.8 Å². The van der Waals surface area contributed by atoms with Crippen LogP contribution in [0.2, 0.25) is 0 Å². The third-order valence-electron chi connectivity index (χ3n) is 7.46. The predicted octanol–water partition coefficient (Wildman–Crippen LogP) is 9.05. The molecule has 0 saturated heterocycles. The number of ether oxygens (including phenoxy) is 3. The summed E-state index contributed by atoms with van der Waals surface area (Å²) >= 11 is 6.94. The lowest BCUT2D eigenvalue weighted by Crippen LogP contribution is -2.50. The zero-order valence-corrected chi connectivity index (χ0v) is 27.7. The number of rotatable bonds is 20. The number of carboxylic acid groups (broad SMARTS) is 2. The zero-order valence-electron chi connectivity index (χ0n) is 24.5. The van der Waals surface area contributed by atoms with Crippen molar-refractivity contribution in [2.75, 3.05) is 0 Å². The molecule has 4 atom stereocenters. The van der Waals surface area contributed by atoms with Gasteiger partial charge in [-0.15, -0.1) is 0 Å². The van der Waals surface area contributed by atoms with E-state index in [1.165, 1.54) is 0 Å². The summed E-state index contributed by atoms with van der Waals surface area (Å²) in [5.41, 5.74) is -3.03. The normalized spacial score (nSPS) is 15.8. The molecule has 4 unspecified atom stereocenters. The minimum absolute atomic E-state index is 0.125. The van der Waals surface area contributed by atoms with Gasteiger partial charge in [0.05, 0.1) is 21.2 Å². The summed E-state index contributed by atoms with van der Waals surface area (Å²) < 4.78 is 20.5. The van der Waals surface area contributed by atoms with E-state index in [0.717, 1.165) is 25.7 Å². The van der Waals surface area contributed by atoms with Gasteiger partial charge in [0.1, 0.15) is 11.5 Å². The van der Waals surface area contributed by atoms with Crippen molar-refractivity contribution in [1.29, 1.82) is 0 Å². The topological polar surface area (TPSA) is 102 Å². The lowest BCUT2D eigenvalue weighted by atomic mass is 9.88. The maximum Gasteiger partial charge on any atom is 0.348 e.